The van der Waals surface area contributed by atoms with Gasteiger partial charge in [-0.2, -0.15) is 4.52 Å². The quantitative estimate of drug-likeness (QED) is 0.669. The topological polar surface area (TPSA) is 82.0 Å². The van der Waals surface area contributed by atoms with E-state index in [4.69, 9.17) is 5.73 Å². The second-order valence-electron chi connectivity index (χ2n) is 3.56. The van der Waals surface area contributed by atoms with Gasteiger partial charge in [-0.3, -0.25) is 0 Å². The van der Waals surface area contributed by atoms with Crippen LogP contribution in [0.25, 0.3) is 16.9 Å². The summed E-state index contributed by atoms with van der Waals surface area (Å²) in [7, 11) is 0. The fourth-order valence-corrected chi connectivity index (χ4v) is 2.34. The number of tetrazole rings is 1. The third kappa shape index (κ3) is 1.68. The van der Waals surface area contributed by atoms with Crippen LogP contribution in [0.15, 0.2) is 24.3 Å². The van der Waals surface area contributed by atoms with Gasteiger partial charge in [0.15, 0.2) is 5.82 Å². The van der Waals surface area contributed by atoms with Gasteiger partial charge in [0.25, 0.3) is 0 Å². The highest BCUT2D eigenvalue weighted by Gasteiger charge is 2.14. The number of hydrogen-bond donors (Lipinski definition) is 1. The molecule has 0 unspecified atom stereocenters. The summed E-state index contributed by atoms with van der Waals surface area (Å²) >= 11 is 2.07. The molecule has 0 spiro atoms. The Hall–Kier alpha value is -1.84. The summed E-state index contributed by atoms with van der Waals surface area (Å²) in [5, 5.41) is 11.2. The molecule has 3 aromatic rings. The number of benzene rings is 1. The van der Waals surface area contributed by atoms with Crippen molar-refractivity contribution >= 4 is 34.1 Å². The van der Waals surface area contributed by atoms with Crippen molar-refractivity contribution in [1.29, 1.82) is 0 Å². The van der Waals surface area contributed by atoms with Crippen LogP contribution in [0, 0.1) is 9.52 Å². The zero-order valence-electron chi connectivity index (χ0n) is 8.88. The molecule has 0 saturated heterocycles. The van der Waals surface area contributed by atoms with Crippen LogP contribution in [0.1, 0.15) is 0 Å². The lowest BCUT2D eigenvalue weighted by Crippen LogP contribution is -2.04. The molecule has 0 bridgehead atoms. The summed E-state index contributed by atoms with van der Waals surface area (Å²) in [6, 6.07) is 6.01. The molecule has 0 aliphatic carbocycles. The molecule has 18 heavy (non-hydrogen) atoms. The Labute approximate surface area is 114 Å². The van der Waals surface area contributed by atoms with Gasteiger partial charge in [0.1, 0.15) is 15.2 Å². The largest absolute Gasteiger partial charge is 0.380 e. The molecule has 0 fully saturated rings. The van der Waals surface area contributed by atoms with Crippen LogP contribution in [0.3, 0.4) is 0 Å². The Bertz CT molecular complexity index is 723. The third-order valence-electron chi connectivity index (χ3n) is 2.43. The number of nitrogens with two attached hydrogens (primary N) is 1. The average molecular weight is 356 g/mol. The smallest absolute Gasteiger partial charge is 0.222 e. The molecule has 8 heteroatoms. The van der Waals surface area contributed by atoms with Gasteiger partial charge in [0.2, 0.25) is 5.65 Å². The summed E-state index contributed by atoms with van der Waals surface area (Å²) in [4.78, 5) is 4.26. The fraction of sp³-hybridized carbons (Fsp3) is 0. The second kappa shape index (κ2) is 4.12. The van der Waals surface area contributed by atoms with E-state index in [0.29, 0.717) is 15.0 Å². The number of anilines is 1. The zero-order valence-corrected chi connectivity index (χ0v) is 11.0. The van der Waals surface area contributed by atoms with E-state index in [0.717, 1.165) is 5.56 Å². The van der Waals surface area contributed by atoms with Crippen molar-refractivity contribution in [3.8, 4) is 11.3 Å². The lowest BCUT2D eigenvalue weighted by molar-refractivity contribution is 0.628. The van der Waals surface area contributed by atoms with Gasteiger partial charge in [-0.25, -0.2) is 9.37 Å². The monoisotopic (exact) mass is 356 g/mol. The van der Waals surface area contributed by atoms with Crippen molar-refractivity contribution < 1.29 is 4.39 Å². The Kier molecular flexibility index (Phi) is 2.58. The minimum absolute atomic E-state index is 0.236. The SMILES string of the molecule is Nc1nc(-c2ccc(F)cc2)c(I)n2nnnc12. The van der Waals surface area contributed by atoms with Crippen LogP contribution >= 0.6 is 22.6 Å². The van der Waals surface area contributed by atoms with E-state index in [2.05, 4.69) is 43.1 Å². The molecule has 2 heterocycles. The van der Waals surface area contributed by atoms with E-state index in [1.807, 2.05) is 0 Å². The van der Waals surface area contributed by atoms with Crippen molar-refractivity contribution in [2.24, 2.45) is 0 Å². The molecular weight excluding hydrogens is 350 g/mol. The predicted octanol–water partition coefficient (Wildman–Crippen LogP) is 1.51. The van der Waals surface area contributed by atoms with Crippen LogP contribution < -0.4 is 5.73 Å². The van der Waals surface area contributed by atoms with E-state index in [-0.39, 0.29) is 11.6 Å². The molecule has 3 rings (SSSR count). The highest BCUT2D eigenvalue weighted by molar-refractivity contribution is 14.1. The summed E-state index contributed by atoms with van der Waals surface area (Å²) in [5.74, 6) is -0.0648. The van der Waals surface area contributed by atoms with Crippen LogP contribution in [-0.4, -0.2) is 25.0 Å². The van der Waals surface area contributed by atoms with Gasteiger partial charge in [0.05, 0.1) is 0 Å². The number of fused-ring (bicyclic) bond motifs is 1. The molecule has 0 amide bonds. The third-order valence-corrected chi connectivity index (χ3v) is 3.40. The van der Waals surface area contributed by atoms with E-state index >= 15 is 0 Å². The minimum Gasteiger partial charge on any atom is -0.380 e. The molecular formula is C10H6FIN6. The number of nitrogen functional groups attached to an aromatic ring is 1. The van der Waals surface area contributed by atoms with Gasteiger partial charge in [-0.05, 0) is 57.3 Å². The van der Waals surface area contributed by atoms with Gasteiger partial charge < -0.3 is 5.73 Å². The number of aromatic nitrogens is 5. The summed E-state index contributed by atoms with van der Waals surface area (Å²) < 4.78 is 15.1. The van der Waals surface area contributed by atoms with Crippen LogP contribution in [0.2, 0.25) is 0 Å². The average Bonchev–Trinajstić information content (AvgIpc) is 2.85. The Morgan fingerprint density at radius 3 is 2.67 bits per heavy atom. The van der Waals surface area contributed by atoms with E-state index < -0.39 is 0 Å². The lowest BCUT2D eigenvalue weighted by atomic mass is 10.1. The van der Waals surface area contributed by atoms with Crippen molar-refractivity contribution in [3.63, 3.8) is 0 Å². The van der Waals surface area contributed by atoms with Gasteiger partial charge >= 0.3 is 0 Å². The van der Waals surface area contributed by atoms with E-state index in [1.165, 1.54) is 16.6 Å². The molecule has 0 aliphatic heterocycles. The van der Waals surface area contributed by atoms with Gasteiger partial charge in [-0.15, -0.1) is 5.10 Å². The molecule has 1 aromatic carbocycles. The van der Waals surface area contributed by atoms with Crippen LogP contribution in [0.5, 0.6) is 0 Å². The highest BCUT2D eigenvalue weighted by atomic mass is 127. The van der Waals surface area contributed by atoms with Crippen molar-refractivity contribution in [2.75, 3.05) is 5.73 Å². The first kappa shape index (κ1) is 11.3. The number of hydrogen-bond acceptors (Lipinski definition) is 5. The van der Waals surface area contributed by atoms with Crippen LogP contribution in [0.4, 0.5) is 10.2 Å². The van der Waals surface area contributed by atoms with E-state index in [9.17, 15) is 4.39 Å². The Morgan fingerprint density at radius 2 is 1.94 bits per heavy atom. The maximum absolute atomic E-state index is 12.9. The fourth-order valence-electron chi connectivity index (χ4n) is 1.59. The summed E-state index contributed by atoms with van der Waals surface area (Å²) in [5.41, 5.74) is 7.57. The minimum atomic E-state index is -0.301. The molecule has 0 aliphatic rings. The summed E-state index contributed by atoms with van der Waals surface area (Å²) in [6.45, 7) is 0. The maximum Gasteiger partial charge on any atom is 0.222 e. The van der Waals surface area contributed by atoms with Gasteiger partial charge in [-0.1, -0.05) is 0 Å². The normalized spacial score (nSPS) is 11.0. The van der Waals surface area contributed by atoms with Crippen molar-refractivity contribution in [1.82, 2.24) is 25.0 Å². The van der Waals surface area contributed by atoms with Gasteiger partial charge in [0, 0.05) is 5.56 Å². The number of rotatable bonds is 1. The van der Waals surface area contributed by atoms with E-state index in [1.54, 1.807) is 12.1 Å². The van der Waals surface area contributed by atoms with Crippen LogP contribution in [-0.2, 0) is 0 Å². The number of halogens is 2. The number of nitrogens with zero attached hydrogens (tertiary/aromatic N) is 5. The van der Waals surface area contributed by atoms with Crippen molar-refractivity contribution in [2.45, 2.75) is 0 Å². The first-order valence-electron chi connectivity index (χ1n) is 4.96. The maximum atomic E-state index is 12.9. The first-order valence-corrected chi connectivity index (χ1v) is 6.03. The lowest BCUT2D eigenvalue weighted by Gasteiger charge is -2.06. The molecule has 6 nitrogen and oxygen atoms in total. The zero-order chi connectivity index (χ0) is 12.7. The predicted molar refractivity (Wildman–Crippen MR) is 71.1 cm³/mol. The summed E-state index contributed by atoms with van der Waals surface area (Å²) in [6.07, 6.45) is 0. The second-order valence-corrected chi connectivity index (χ2v) is 4.58. The Morgan fingerprint density at radius 1 is 1.22 bits per heavy atom. The first-order chi connectivity index (χ1) is 8.66. The molecule has 2 N–H and O–H groups in total. The molecule has 0 atom stereocenters. The molecule has 0 radical (unpaired) electrons. The molecule has 2 aromatic heterocycles. The molecule has 0 saturated carbocycles. The standard InChI is InChI=1S/C10H6FIN6/c11-6-3-1-5(2-4-6)7-8(12)18-10(9(13)14-7)15-16-17-18/h1-4H,(H2,13,14). The Balaban J connectivity index is 2.29. The highest BCUT2D eigenvalue weighted by Crippen LogP contribution is 2.25. The molecule has 90 valence electrons. The van der Waals surface area contributed by atoms with Crippen molar-refractivity contribution in [3.05, 3.63) is 33.8 Å².